The van der Waals surface area contributed by atoms with Gasteiger partial charge in [0, 0.05) is 26.2 Å². The molecule has 5 nitrogen and oxygen atoms in total. The summed E-state index contributed by atoms with van der Waals surface area (Å²) in [6, 6.07) is 9.90. The fraction of sp³-hybridized carbons (Fsp3) is 0.389. The van der Waals surface area contributed by atoms with Gasteiger partial charge in [0.1, 0.15) is 10.9 Å². The van der Waals surface area contributed by atoms with Crippen LogP contribution in [0.15, 0.2) is 30.5 Å². The van der Waals surface area contributed by atoms with Gasteiger partial charge in [-0.15, -0.1) is 11.3 Å². The van der Waals surface area contributed by atoms with Gasteiger partial charge in [0.25, 0.3) is 5.91 Å². The van der Waals surface area contributed by atoms with E-state index in [-0.39, 0.29) is 5.91 Å². The van der Waals surface area contributed by atoms with Gasteiger partial charge in [-0.2, -0.15) is 5.26 Å². The number of thiazole rings is 1. The molecule has 0 spiro atoms. The zero-order valence-corrected chi connectivity index (χ0v) is 14.6. The molecule has 0 N–H and O–H groups in total. The molecule has 2 heterocycles. The molecule has 24 heavy (non-hydrogen) atoms. The van der Waals surface area contributed by atoms with Crippen molar-refractivity contribution in [2.75, 3.05) is 31.1 Å². The number of nitriles is 1. The highest BCUT2D eigenvalue weighted by Gasteiger charge is 2.22. The zero-order valence-electron chi connectivity index (χ0n) is 13.7. The Morgan fingerprint density at radius 2 is 2.12 bits per heavy atom. The minimum Gasteiger partial charge on any atom is -0.369 e. The number of rotatable bonds is 3. The van der Waals surface area contributed by atoms with Crippen LogP contribution in [0.2, 0.25) is 0 Å². The van der Waals surface area contributed by atoms with Crippen molar-refractivity contribution in [1.82, 2.24) is 9.88 Å². The summed E-state index contributed by atoms with van der Waals surface area (Å²) in [5.74, 6) is 0.0719. The smallest absolute Gasteiger partial charge is 0.265 e. The highest BCUT2D eigenvalue weighted by Crippen LogP contribution is 2.22. The standard InChI is InChI=1S/C18H20N4OS/c1-2-17-20-13-16(24-17)18(23)22-9-5-8-21(10-11-22)15-7-4-3-6-14(15)12-19/h3-4,6-7,13H,2,5,8-11H2,1H3. The molecule has 6 heteroatoms. The maximum absolute atomic E-state index is 12.7. The van der Waals surface area contributed by atoms with Crippen LogP contribution in [0.4, 0.5) is 5.69 Å². The summed E-state index contributed by atoms with van der Waals surface area (Å²) in [5.41, 5.74) is 1.65. The molecule has 1 saturated heterocycles. The third kappa shape index (κ3) is 3.41. The molecule has 1 aliphatic heterocycles. The van der Waals surface area contributed by atoms with E-state index >= 15 is 0 Å². The number of hydrogen-bond acceptors (Lipinski definition) is 5. The predicted octanol–water partition coefficient (Wildman–Crippen LogP) is 2.93. The highest BCUT2D eigenvalue weighted by atomic mass is 32.1. The van der Waals surface area contributed by atoms with E-state index in [4.69, 9.17) is 0 Å². The van der Waals surface area contributed by atoms with Gasteiger partial charge < -0.3 is 9.80 Å². The summed E-state index contributed by atoms with van der Waals surface area (Å²) < 4.78 is 0. The second-order valence-electron chi connectivity index (χ2n) is 5.73. The normalized spacial score (nSPS) is 15.0. The summed E-state index contributed by atoms with van der Waals surface area (Å²) >= 11 is 1.49. The molecule has 1 amide bonds. The summed E-state index contributed by atoms with van der Waals surface area (Å²) in [6.45, 7) is 5.04. The Kier molecular flexibility index (Phi) is 5.11. The maximum Gasteiger partial charge on any atom is 0.265 e. The zero-order chi connectivity index (χ0) is 16.9. The van der Waals surface area contributed by atoms with Crippen LogP contribution in [0.25, 0.3) is 0 Å². The van der Waals surface area contributed by atoms with Crippen molar-refractivity contribution in [3.05, 3.63) is 45.9 Å². The van der Waals surface area contributed by atoms with Crippen LogP contribution in [0.3, 0.4) is 0 Å². The van der Waals surface area contributed by atoms with Crippen molar-refractivity contribution in [3.63, 3.8) is 0 Å². The van der Waals surface area contributed by atoms with Crippen LogP contribution < -0.4 is 4.90 Å². The summed E-state index contributed by atoms with van der Waals surface area (Å²) in [5, 5.41) is 10.3. The highest BCUT2D eigenvalue weighted by molar-refractivity contribution is 7.13. The average Bonchev–Trinajstić information content (AvgIpc) is 2.98. The molecule has 1 fully saturated rings. The minimum absolute atomic E-state index is 0.0719. The second kappa shape index (κ2) is 7.45. The average molecular weight is 340 g/mol. The Hall–Kier alpha value is -2.39. The van der Waals surface area contributed by atoms with Crippen molar-refractivity contribution in [1.29, 1.82) is 5.26 Å². The van der Waals surface area contributed by atoms with Gasteiger partial charge in [-0.1, -0.05) is 19.1 Å². The Bertz CT molecular complexity index is 764. The third-order valence-electron chi connectivity index (χ3n) is 4.22. The lowest BCUT2D eigenvalue weighted by molar-refractivity contribution is 0.0771. The second-order valence-corrected chi connectivity index (χ2v) is 6.85. The fourth-order valence-electron chi connectivity index (χ4n) is 2.93. The van der Waals surface area contributed by atoms with Gasteiger partial charge in [0.2, 0.25) is 0 Å². The molecule has 1 aromatic heterocycles. The van der Waals surface area contributed by atoms with Crippen LogP contribution in [-0.2, 0) is 6.42 Å². The van der Waals surface area contributed by atoms with Crippen molar-refractivity contribution in [3.8, 4) is 6.07 Å². The number of carbonyl (C=O) groups is 1. The maximum atomic E-state index is 12.7. The van der Waals surface area contributed by atoms with E-state index < -0.39 is 0 Å². The van der Waals surface area contributed by atoms with E-state index in [1.807, 2.05) is 36.1 Å². The Morgan fingerprint density at radius 1 is 1.29 bits per heavy atom. The number of amides is 1. The molecule has 1 aromatic carbocycles. The van der Waals surface area contributed by atoms with E-state index in [1.54, 1.807) is 6.20 Å². The van der Waals surface area contributed by atoms with Gasteiger partial charge in [0.05, 0.1) is 22.5 Å². The van der Waals surface area contributed by atoms with Crippen molar-refractivity contribution < 1.29 is 4.79 Å². The van der Waals surface area contributed by atoms with E-state index in [9.17, 15) is 10.1 Å². The summed E-state index contributed by atoms with van der Waals surface area (Å²) in [4.78, 5) is 21.8. The third-order valence-corrected chi connectivity index (χ3v) is 5.34. The number of anilines is 1. The molecule has 1 aliphatic rings. The molecule has 3 rings (SSSR count). The van der Waals surface area contributed by atoms with E-state index in [1.165, 1.54) is 11.3 Å². The molecule has 0 atom stereocenters. The van der Waals surface area contributed by atoms with Gasteiger partial charge in [-0.25, -0.2) is 4.98 Å². The molecule has 124 valence electrons. The first-order chi connectivity index (χ1) is 11.7. The van der Waals surface area contributed by atoms with E-state index in [0.717, 1.165) is 48.0 Å². The molecule has 0 unspecified atom stereocenters. The van der Waals surface area contributed by atoms with Crippen LogP contribution in [-0.4, -0.2) is 42.0 Å². The Morgan fingerprint density at radius 3 is 2.88 bits per heavy atom. The molecule has 0 saturated carbocycles. The van der Waals surface area contributed by atoms with E-state index in [2.05, 4.69) is 16.0 Å². The summed E-state index contributed by atoms with van der Waals surface area (Å²) in [7, 11) is 0. The first-order valence-electron chi connectivity index (χ1n) is 8.21. The largest absolute Gasteiger partial charge is 0.369 e. The van der Waals surface area contributed by atoms with Gasteiger partial charge >= 0.3 is 0 Å². The number of nitrogens with zero attached hydrogens (tertiary/aromatic N) is 4. The molecule has 2 aromatic rings. The van der Waals surface area contributed by atoms with Crippen molar-refractivity contribution in [2.24, 2.45) is 0 Å². The fourth-order valence-corrected chi connectivity index (χ4v) is 3.76. The quantitative estimate of drug-likeness (QED) is 0.862. The predicted molar refractivity (Wildman–Crippen MR) is 95.4 cm³/mol. The Labute approximate surface area is 146 Å². The lowest BCUT2D eigenvalue weighted by Gasteiger charge is -2.24. The molecule has 0 radical (unpaired) electrons. The van der Waals surface area contributed by atoms with Crippen LogP contribution in [0.5, 0.6) is 0 Å². The SMILES string of the molecule is CCc1ncc(C(=O)N2CCCN(c3ccccc3C#N)CC2)s1. The molecule has 0 aliphatic carbocycles. The number of para-hydroxylation sites is 1. The first-order valence-corrected chi connectivity index (χ1v) is 9.02. The molecular formula is C18H20N4OS. The summed E-state index contributed by atoms with van der Waals surface area (Å²) in [6.07, 6.45) is 3.45. The lowest BCUT2D eigenvalue weighted by Crippen LogP contribution is -2.35. The van der Waals surface area contributed by atoms with Crippen LogP contribution >= 0.6 is 11.3 Å². The number of carbonyl (C=O) groups excluding carboxylic acids is 1. The van der Waals surface area contributed by atoms with Crippen molar-refractivity contribution >= 4 is 22.9 Å². The lowest BCUT2D eigenvalue weighted by atomic mass is 10.1. The monoisotopic (exact) mass is 340 g/mol. The van der Waals surface area contributed by atoms with Crippen molar-refractivity contribution in [2.45, 2.75) is 19.8 Å². The minimum atomic E-state index is 0.0719. The molecular weight excluding hydrogens is 320 g/mol. The number of hydrogen-bond donors (Lipinski definition) is 0. The van der Waals surface area contributed by atoms with E-state index in [0.29, 0.717) is 12.1 Å². The Balaban J connectivity index is 1.71. The number of aromatic nitrogens is 1. The molecule has 0 bridgehead atoms. The number of aryl methyl sites for hydroxylation is 1. The van der Waals surface area contributed by atoms with Gasteiger partial charge in [-0.05, 0) is 25.0 Å². The van der Waals surface area contributed by atoms with Gasteiger partial charge in [-0.3, -0.25) is 4.79 Å². The number of benzene rings is 1. The topological polar surface area (TPSA) is 60.2 Å². The van der Waals surface area contributed by atoms with Crippen LogP contribution in [0.1, 0.15) is 33.6 Å². The van der Waals surface area contributed by atoms with Crippen LogP contribution in [0, 0.1) is 11.3 Å². The van der Waals surface area contributed by atoms with Gasteiger partial charge in [0.15, 0.2) is 0 Å². The first kappa shape index (κ1) is 16.5.